The van der Waals surface area contributed by atoms with Crippen molar-refractivity contribution in [2.45, 2.75) is 13.3 Å². The maximum atomic E-state index is 12.0. The Kier molecular flexibility index (Phi) is 4.78. The lowest BCUT2D eigenvalue weighted by Gasteiger charge is -2.09. The highest BCUT2D eigenvalue weighted by atomic mass is 32.1. The number of benzene rings is 1. The molecular weight excluding hydrogens is 350 g/mol. The van der Waals surface area contributed by atoms with Gasteiger partial charge < -0.3 is 10.5 Å². The topological polar surface area (TPSA) is 126 Å². The van der Waals surface area contributed by atoms with Gasteiger partial charge >= 0.3 is 5.97 Å². The Balaban J connectivity index is 2.20. The average Bonchev–Trinajstić information content (AvgIpc) is 3.04. The summed E-state index contributed by atoms with van der Waals surface area (Å²) in [4.78, 5) is 20.7. The predicted molar refractivity (Wildman–Crippen MR) is 97.3 cm³/mol. The highest BCUT2D eigenvalue weighted by Crippen LogP contribution is 2.33. The summed E-state index contributed by atoms with van der Waals surface area (Å²) >= 11 is 1.41. The number of carbonyl (C=O) groups is 1. The molecular formula is C18H13N5O2S. The molecule has 3 aromatic rings. The molecule has 0 bridgehead atoms. The summed E-state index contributed by atoms with van der Waals surface area (Å²) in [7, 11) is 0. The van der Waals surface area contributed by atoms with Gasteiger partial charge in [0, 0.05) is 5.56 Å². The summed E-state index contributed by atoms with van der Waals surface area (Å²) in [6.45, 7) is 1.88. The first-order valence-electron chi connectivity index (χ1n) is 7.72. The fraction of sp³-hybridized carbons (Fsp3) is 0.167. The smallest absolute Gasteiger partial charge is 0.341 e. The zero-order valence-electron chi connectivity index (χ0n) is 13.8. The molecule has 3 rings (SSSR count). The van der Waals surface area contributed by atoms with Gasteiger partial charge in [-0.25, -0.2) is 14.8 Å². The van der Waals surface area contributed by atoms with E-state index in [0.717, 1.165) is 4.70 Å². The Morgan fingerprint density at radius 3 is 2.85 bits per heavy atom. The van der Waals surface area contributed by atoms with Gasteiger partial charge in [0.15, 0.2) is 0 Å². The van der Waals surface area contributed by atoms with Crippen molar-refractivity contribution >= 4 is 33.3 Å². The minimum atomic E-state index is -0.622. The third kappa shape index (κ3) is 3.06. The minimum Gasteiger partial charge on any atom is -0.462 e. The van der Waals surface area contributed by atoms with Gasteiger partial charge in [-0.15, -0.1) is 11.3 Å². The number of para-hydroxylation sites is 1. The molecule has 0 atom stereocenters. The molecule has 7 nitrogen and oxygen atoms in total. The fourth-order valence-corrected chi connectivity index (χ4v) is 3.45. The maximum Gasteiger partial charge on any atom is 0.341 e. The number of hydrogen-bond acceptors (Lipinski definition) is 8. The summed E-state index contributed by atoms with van der Waals surface area (Å²) in [6, 6.07) is 11.0. The van der Waals surface area contributed by atoms with E-state index in [9.17, 15) is 10.1 Å². The monoisotopic (exact) mass is 363 g/mol. The molecule has 1 aromatic carbocycles. The van der Waals surface area contributed by atoms with Gasteiger partial charge in [0.25, 0.3) is 0 Å². The zero-order valence-corrected chi connectivity index (χ0v) is 14.6. The van der Waals surface area contributed by atoms with Gasteiger partial charge in [0.2, 0.25) is 0 Å². The number of thiazole rings is 1. The first kappa shape index (κ1) is 17.3. The number of nitrogen functional groups attached to an aromatic ring is 1. The minimum absolute atomic E-state index is 0.0121. The second kappa shape index (κ2) is 7.18. The van der Waals surface area contributed by atoms with Crippen molar-refractivity contribution in [1.29, 1.82) is 10.5 Å². The van der Waals surface area contributed by atoms with Crippen LogP contribution in [0.2, 0.25) is 0 Å². The molecule has 26 heavy (non-hydrogen) atoms. The largest absolute Gasteiger partial charge is 0.462 e. The quantitative estimate of drug-likeness (QED) is 0.706. The summed E-state index contributed by atoms with van der Waals surface area (Å²) < 4.78 is 5.83. The van der Waals surface area contributed by atoms with Crippen molar-refractivity contribution in [2.24, 2.45) is 0 Å². The van der Waals surface area contributed by atoms with Gasteiger partial charge in [-0.3, -0.25) is 0 Å². The van der Waals surface area contributed by atoms with Crippen LogP contribution in [0.3, 0.4) is 0 Å². The summed E-state index contributed by atoms with van der Waals surface area (Å²) in [5.41, 5.74) is 7.80. The lowest BCUT2D eigenvalue weighted by atomic mass is 10.0. The molecule has 8 heteroatoms. The number of nitriles is 2. The molecule has 0 unspecified atom stereocenters. The second-order valence-corrected chi connectivity index (χ2v) is 6.36. The third-order valence-electron chi connectivity index (χ3n) is 3.62. The van der Waals surface area contributed by atoms with Crippen LogP contribution in [0.15, 0.2) is 24.3 Å². The Bertz CT molecular complexity index is 1090. The Morgan fingerprint density at radius 1 is 1.35 bits per heavy atom. The van der Waals surface area contributed by atoms with Gasteiger partial charge in [-0.05, 0) is 19.1 Å². The summed E-state index contributed by atoms with van der Waals surface area (Å²) in [5.74, 6) is -0.634. The number of fused-ring (bicyclic) bond motifs is 1. The van der Waals surface area contributed by atoms with Crippen LogP contribution in [0.5, 0.6) is 0 Å². The highest BCUT2D eigenvalue weighted by Gasteiger charge is 2.20. The van der Waals surface area contributed by atoms with E-state index >= 15 is 0 Å². The number of hydrogen-bond donors (Lipinski definition) is 1. The number of aromatic nitrogens is 2. The normalized spacial score (nSPS) is 10.3. The molecule has 0 aliphatic rings. The molecule has 0 saturated carbocycles. The van der Waals surface area contributed by atoms with Gasteiger partial charge in [0.1, 0.15) is 22.5 Å². The van der Waals surface area contributed by atoms with E-state index in [4.69, 9.17) is 15.7 Å². The van der Waals surface area contributed by atoms with Crippen molar-refractivity contribution in [1.82, 2.24) is 9.97 Å². The predicted octanol–water partition coefficient (Wildman–Crippen LogP) is 3.05. The van der Waals surface area contributed by atoms with Crippen LogP contribution in [0.4, 0.5) is 5.82 Å². The second-order valence-electron chi connectivity index (χ2n) is 5.24. The molecule has 0 amide bonds. The average molecular weight is 363 g/mol. The molecule has 0 aliphatic carbocycles. The number of rotatable bonds is 4. The molecule has 0 fully saturated rings. The molecule has 0 radical (unpaired) electrons. The van der Waals surface area contributed by atoms with Crippen molar-refractivity contribution in [2.75, 3.05) is 12.3 Å². The van der Waals surface area contributed by atoms with E-state index in [-0.39, 0.29) is 30.0 Å². The Morgan fingerprint density at radius 2 is 2.15 bits per heavy atom. The van der Waals surface area contributed by atoms with Crippen molar-refractivity contribution in [3.05, 3.63) is 40.4 Å². The van der Waals surface area contributed by atoms with Gasteiger partial charge in [-0.1, -0.05) is 12.1 Å². The number of anilines is 1. The van der Waals surface area contributed by atoms with Gasteiger partial charge in [-0.2, -0.15) is 10.5 Å². The Labute approximate surface area is 153 Å². The number of pyridine rings is 1. The van der Waals surface area contributed by atoms with Crippen molar-refractivity contribution < 1.29 is 9.53 Å². The first-order valence-corrected chi connectivity index (χ1v) is 8.54. The SMILES string of the molecule is CCOC(=O)c1cc(C#N)c(-c2cccc3sc(CC#N)nc23)nc1N. The molecule has 128 valence electrons. The molecule has 2 heterocycles. The fourth-order valence-electron chi connectivity index (χ4n) is 2.52. The van der Waals surface area contributed by atoms with E-state index < -0.39 is 5.97 Å². The van der Waals surface area contributed by atoms with Crippen LogP contribution in [-0.2, 0) is 11.2 Å². The summed E-state index contributed by atoms with van der Waals surface area (Å²) in [6.07, 6.45) is 0.210. The highest BCUT2D eigenvalue weighted by molar-refractivity contribution is 7.18. The lowest BCUT2D eigenvalue weighted by molar-refractivity contribution is 0.0527. The van der Waals surface area contributed by atoms with Crippen molar-refractivity contribution in [3.8, 4) is 23.4 Å². The van der Waals surface area contributed by atoms with Crippen LogP contribution in [0, 0.1) is 22.7 Å². The number of nitrogens with zero attached hydrogens (tertiary/aromatic N) is 4. The van der Waals surface area contributed by atoms with E-state index in [1.165, 1.54) is 17.4 Å². The zero-order chi connectivity index (χ0) is 18.7. The lowest BCUT2D eigenvalue weighted by Crippen LogP contribution is -2.11. The summed E-state index contributed by atoms with van der Waals surface area (Å²) in [5, 5.41) is 19.1. The van der Waals surface area contributed by atoms with Gasteiger partial charge in [0.05, 0.1) is 40.6 Å². The molecule has 0 spiro atoms. The van der Waals surface area contributed by atoms with E-state index in [0.29, 0.717) is 21.8 Å². The molecule has 0 saturated heterocycles. The number of ether oxygens (including phenoxy) is 1. The molecule has 2 N–H and O–H groups in total. The van der Waals surface area contributed by atoms with E-state index in [1.54, 1.807) is 13.0 Å². The number of carbonyl (C=O) groups excluding carboxylic acids is 1. The van der Waals surface area contributed by atoms with E-state index in [2.05, 4.69) is 22.1 Å². The van der Waals surface area contributed by atoms with Crippen molar-refractivity contribution in [3.63, 3.8) is 0 Å². The third-order valence-corrected chi connectivity index (χ3v) is 4.64. The molecule has 0 aliphatic heterocycles. The maximum absolute atomic E-state index is 12.0. The first-order chi connectivity index (χ1) is 12.6. The van der Waals surface area contributed by atoms with Crippen LogP contribution < -0.4 is 5.73 Å². The van der Waals surface area contributed by atoms with Crippen LogP contribution in [-0.4, -0.2) is 22.5 Å². The Hall–Kier alpha value is -3.49. The van der Waals surface area contributed by atoms with Crippen LogP contribution in [0.1, 0.15) is 27.9 Å². The molecule has 2 aromatic heterocycles. The van der Waals surface area contributed by atoms with Crippen LogP contribution >= 0.6 is 11.3 Å². The standard InChI is InChI=1S/C18H13N5O2S/c1-2-25-18(24)12-8-10(9-20)15(23-17(12)21)11-4-3-5-13-16(11)22-14(26-13)6-7-19/h3-5,8H,2,6H2,1H3,(H2,21,23). The van der Waals surface area contributed by atoms with E-state index in [1.807, 2.05) is 12.1 Å². The number of esters is 1. The number of nitrogens with two attached hydrogens (primary N) is 1. The van der Waals surface area contributed by atoms with Crippen LogP contribution in [0.25, 0.3) is 21.5 Å².